The largest absolute Gasteiger partial charge is 0.356 e. The maximum atomic E-state index is 4.49. The Balaban J connectivity index is 2.05. The summed E-state index contributed by atoms with van der Waals surface area (Å²) in [6, 6.07) is 1.98. The van der Waals surface area contributed by atoms with E-state index in [0.29, 0.717) is 12.5 Å². The zero-order valence-corrected chi connectivity index (χ0v) is 9.52. The highest BCUT2D eigenvalue weighted by Crippen LogP contribution is 2.17. The van der Waals surface area contributed by atoms with Crippen molar-refractivity contribution in [2.45, 2.75) is 19.3 Å². The van der Waals surface area contributed by atoms with Crippen molar-refractivity contribution in [1.82, 2.24) is 9.97 Å². The normalized spacial score (nSPS) is 15.9. The standard InChI is InChI=1S/C12H18N4/c1-2-7-13-12-14-8-6-11(15-12)16-9-4-3-5-10-16/h2,6,8H,1,3-5,7,9-10H2,(H,13,14,15). The number of anilines is 2. The number of rotatable bonds is 4. The quantitative estimate of drug-likeness (QED) is 0.785. The summed E-state index contributed by atoms with van der Waals surface area (Å²) in [4.78, 5) is 11.0. The molecule has 1 aliphatic heterocycles. The topological polar surface area (TPSA) is 41.1 Å². The molecule has 86 valence electrons. The van der Waals surface area contributed by atoms with Gasteiger partial charge in [-0.3, -0.25) is 0 Å². The zero-order chi connectivity index (χ0) is 11.2. The Hall–Kier alpha value is -1.58. The van der Waals surface area contributed by atoms with Crippen LogP contribution < -0.4 is 10.2 Å². The minimum Gasteiger partial charge on any atom is -0.356 e. The molecule has 1 aromatic rings. The summed E-state index contributed by atoms with van der Waals surface area (Å²) in [5.74, 6) is 1.71. The molecule has 0 bridgehead atoms. The van der Waals surface area contributed by atoms with Gasteiger partial charge in [0.05, 0.1) is 0 Å². The molecule has 0 unspecified atom stereocenters. The van der Waals surface area contributed by atoms with Crippen LogP contribution in [-0.2, 0) is 0 Å². The summed E-state index contributed by atoms with van der Waals surface area (Å²) in [6.45, 7) is 6.58. The predicted octanol–water partition coefficient (Wildman–Crippen LogP) is 2.06. The molecule has 1 aliphatic rings. The van der Waals surface area contributed by atoms with Crippen molar-refractivity contribution in [3.63, 3.8) is 0 Å². The van der Waals surface area contributed by atoms with E-state index >= 15 is 0 Å². The Labute approximate surface area is 96.4 Å². The van der Waals surface area contributed by atoms with E-state index in [-0.39, 0.29) is 0 Å². The first kappa shape index (κ1) is 10.9. The summed E-state index contributed by atoms with van der Waals surface area (Å²) < 4.78 is 0. The molecule has 0 saturated carbocycles. The van der Waals surface area contributed by atoms with Gasteiger partial charge in [-0.2, -0.15) is 4.98 Å². The van der Waals surface area contributed by atoms with Crippen LogP contribution >= 0.6 is 0 Å². The molecule has 1 fully saturated rings. The predicted molar refractivity (Wildman–Crippen MR) is 66.8 cm³/mol. The Bertz CT molecular complexity index is 345. The molecule has 4 nitrogen and oxygen atoms in total. The van der Waals surface area contributed by atoms with Gasteiger partial charge in [0.15, 0.2) is 0 Å². The van der Waals surface area contributed by atoms with Crippen LogP contribution in [-0.4, -0.2) is 29.6 Å². The number of hydrogen-bond acceptors (Lipinski definition) is 4. The third kappa shape index (κ3) is 2.72. The van der Waals surface area contributed by atoms with Crippen molar-refractivity contribution in [1.29, 1.82) is 0 Å². The molecule has 2 heterocycles. The van der Waals surface area contributed by atoms with Crippen LogP contribution in [0.15, 0.2) is 24.9 Å². The maximum Gasteiger partial charge on any atom is 0.224 e. The highest BCUT2D eigenvalue weighted by atomic mass is 15.2. The number of aromatic nitrogens is 2. The molecular formula is C12H18N4. The summed E-state index contributed by atoms with van der Waals surface area (Å²) in [6.07, 6.45) is 7.47. The van der Waals surface area contributed by atoms with Crippen LogP contribution in [0.2, 0.25) is 0 Å². The molecule has 0 spiro atoms. The van der Waals surface area contributed by atoms with E-state index < -0.39 is 0 Å². The van der Waals surface area contributed by atoms with Gasteiger partial charge in [0.1, 0.15) is 5.82 Å². The SMILES string of the molecule is C=CCNc1nccc(N2CCCCC2)n1. The van der Waals surface area contributed by atoms with E-state index in [1.54, 1.807) is 6.08 Å². The molecule has 16 heavy (non-hydrogen) atoms. The van der Waals surface area contributed by atoms with Crippen molar-refractivity contribution < 1.29 is 0 Å². The monoisotopic (exact) mass is 218 g/mol. The molecule has 1 saturated heterocycles. The van der Waals surface area contributed by atoms with Gasteiger partial charge in [0, 0.05) is 25.8 Å². The third-order valence-corrected chi connectivity index (χ3v) is 2.73. The molecule has 4 heteroatoms. The maximum absolute atomic E-state index is 4.49. The Morgan fingerprint density at radius 3 is 2.94 bits per heavy atom. The smallest absolute Gasteiger partial charge is 0.224 e. The second-order valence-electron chi connectivity index (χ2n) is 3.96. The fourth-order valence-corrected chi connectivity index (χ4v) is 1.90. The minimum atomic E-state index is 0.683. The summed E-state index contributed by atoms with van der Waals surface area (Å²) in [5.41, 5.74) is 0. The van der Waals surface area contributed by atoms with Crippen LogP contribution in [0, 0.1) is 0 Å². The van der Waals surface area contributed by atoms with Gasteiger partial charge in [-0.1, -0.05) is 6.08 Å². The summed E-state index contributed by atoms with van der Waals surface area (Å²) in [7, 11) is 0. The molecule has 0 amide bonds. The highest BCUT2D eigenvalue weighted by molar-refractivity contribution is 5.42. The minimum absolute atomic E-state index is 0.683. The molecule has 0 aromatic carbocycles. The lowest BCUT2D eigenvalue weighted by atomic mass is 10.1. The molecule has 0 radical (unpaired) electrons. The van der Waals surface area contributed by atoms with Crippen LogP contribution in [0.1, 0.15) is 19.3 Å². The van der Waals surface area contributed by atoms with E-state index in [1.807, 2.05) is 12.3 Å². The first-order valence-corrected chi connectivity index (χ1v) is 5.83. The lowest BCUT2D eigenvalue weighted by Crippen LogP contribution is -2.30. The molecule has 1 N–H and O–H groups in total. The van der Waals surface area contributed by atoms with Crippen molar-refractivity contribution in [3.8, 4) is 0 Å². The highest BCUT2D eigenvalue weighted by Gasteiger charge is 2.12. The van der Waals surface area contributed by atoms with Crippen LogP contribution in [0.5, 0.6) is 0 Å². The number of hydrogen-bond donors (Lipinski definition) is 1. The van der Waals surface area contributed by atoms with Gasteiger partial charge in [-0.15, -0.1) is 6.58 Å². The van der Waals surface area contributed by atoms with Crippen molar-refractivity contribution >= 4 is 11.8 Å². The number of nitrogens with zero attached hydrogens (tertiary/aromatic N) is 3. The average Bonchev–Trinajstić information content (AvgIpc) is 2.38. The van der Waals surface area contributed by atoms with Crippen molar-refractivity contribution in [2.24, 2.45) is 0 Å². The molecule has 0 aliphatic carbocycles. The van der Waals surface area contributed by atoms with Gasteiger partial charge in [0.2, 0.25) is 5.95 Å². The fraction of sp³-hybridized carbons (Fsp3) is 0.500. The van der Waals surface area contributed by atoms with Gasteiger partial charge in [-0.05, 0) is 25.3 Å². The van der Waals surface area contributed by atoms with Gasteiger partial charge in [-0.25, -0.2) is 4.98 Å². The van der Waals surface area contributed by atoms with E-state index in [2.05, 4.69) is 26.8 Å². The lowest BCUT2D eigenvalue weighted by Gasteiger charge is -2.27. The Morgan fingerprint density at radius 2 is 2.19 bits per heavy atom. The second-order valence-corrected chi connectivity index (χ2v) is 3.96. The fourth-order valence-electron chi connectivity index (χ4n) is 1.90. The van der Waals surface area contributed by atoms with Crippen LogP contribution in [0.4, 0.5) is 11.8 Å². The number of nitrogens with one attached hydrogen (secondary N) is 1. The van der Waals surface area contributed by atoms with Gasteiger partial charge in [0.25, 0.3) is 0 Å². The van der Waals surface area contributed by atoms with Crippen molar-refractivity contribution in [2.75, 3.05) is 29.9 Å². The molecule has 1 aromatic heterocycles. The van der Waals surface area contributed by atoms with Gasteiger partial charge < -0.3 is 10.2 Å². The summed E-state index contributed by atoms with van der Waals surface area (Å²) in [5, 5.41) is 3.11. The van der Waals surface area contributed by atoms with Crippen LogP contribution in [0.25, 0.3) is 0 Å². The second kappa shape index (κ2) is 5.49. The lowest BCUT2D eigenvalue weighted by molar-refractivity contribution is 0.573. The van der Waals surface area contributed by atoms with E-state index in [0.717, 1.165) is 18.9 Å². The zero-order valence-electron chi connectivity index (χ0n) is 9.52. The van der Waals surface area contributed by atoms with E-state index in [4.69, 9.17) is 0 Å². The van der Waals surface area contributed by atoms with Crippen LogP contribution in [0.3, 0.4) is 0 Å². The van der Waals surface area contributed by atoms with Crippen molar-refractivity contribution in [3.05, 3.63) is 24.9 Å². The Morgan fingerprint density at radius 1 is 1.38 bits per heavy atom. The van der Waals surface area contributed by atoms with Gasteiger partial charge >= 0.3 is 0 Å². The average molecular weight is 218 g/mol. The molecular weight excluding hydrogens is 200 g/mol. The molecule has 2 rings (SSSR count). The first-order chi connectivity index (χ1) is 7.90. The Kier molecular flexibility index (Phi) is 3.75. The van der Waals surface area contributed by atoms with E-state index in [9.17, 15) is 0 Å². The first-order valence-electron chi connectivity index (χ1n) is 5.83. The number of piperidine rings is 1. The third-order valence-electron chi connectivity index (χ3n) is 2.73. The molecule has 0 atom stereocenters. The van der Waals surface area contributed by atoms with E-state index in [1.165, 1.54) is 19.3 Å². The summed E-state index contributed by atoms with van der Waals surface area (Å²) >= 11 is 0.